The third-order valence-electron chi connectivity index (χ3n) is 3.55. The van der Waals surface area contributed by atoms with Crippen LogP contribution >= 0.6 is 0 Å². The number of nitrogens with one attached hydrogen (secondary N) is 1. The van der Waals surface area contributed by atoms with Gasteiger partial charge in [0.05, 0.1) is 6.07 Å². The molecule has 0 aromatic carbocycles. The Kier molecular flexibility index (Phi) is 3.61. The van der Waals surface area contributed by atoms with Crippen LogP contribution in [0.5, 0.6) is 0 Å². The molecule has 86 valence electrons. The van der Waals surface area contributed by atoms with Crippen LogP contribution in [0.15, 0.2) is 6.20 Å². The summed E-state index contributed by atoms with van der Waals surface area (Å²) in [5, 5.41) is 8.99. The lowest BCUT2D eigenvalue weighted by atomic mass is 9.87. The van der Waals surface area contributed by atoms with Gasteiger partial charge in [0.1, 0.15) is 11.7 Å². The van der Waals surface area contributed by atoms with Gasteiger partial charge in [0, 0.05) is 17.8 Å². The van der Waals surface area contributed by atoms with Gasteiger partial charge in [0.15, 0.2) is 0 Å². The Morgan fingerprint density at radius 3 is 2.88 bits per heavy atom. The summed E-state index contributed by atoms with van der Waals surface area (Å²) < 4.78 is 0. The Labute approximate surface area is 96.9 Å². The zero-order valence-corrected chi connectivity index (χ0v) is 9.87. The minimum absolute atomic E-state index is 0.0719. The number of nitrogens with zero attached hydrogens (tertiary/aromatic N) is 2. The van der Waals surface area contributed by atoms with E-state index in [1.807, 2.05) is 13.1 Å². The maximum atomic E-state index is 8.99. The Bertz CT molecular complexity index is 369. The van der Waals surface area contributed by atoms with Gasteiger partial charge in [-0.05, 0) is 19.3 Å². The summed E-state index contributed by atoms with van der Waals surface area (Å²) in [5.41, 5.74) is 1.24. The van der Waals surface area contributed by atoms with E-state index in [4.69, 9.17) is 5.26 Å². The van der Waals surface area contributed by atoms with E-state index in [2.05, 4.69) is 16.0 Å². The summed E-state index contributed by atoms with van der Waals surface area (Å²) >= 11 is 0. The molecule has 3 heteroatoms. The van der Waals surface area contributed by atoms with Crippen molar-refractivity contribution in [1.29, 1.82) is 5.26 Å². The monoisotopic (exact) mass is 217 g/mol. The molecule has 0 radical (unpaired) electrons. The smallest absolute Gasteiger partial charge is 0.123 e. The van der Waals surface area contributed by atoms with Gasteiger partial charge in [0.2, 0.25) is 0 Å². The molecule has 2 rings (SSSR count). The summed E-state index contributed by atoms with van der Waals surface area (Å²) in [6, 6.07) is 2.29. The maximum absolute atomic E-state index is 8.99. The van der Waals surface area contributed by atoms with E-state index in [-0.39, 0.29) is 5.92 Å². The van der Waals surface area contributed by atoms with Crippen molar-refractivity contribution in [3.63, 3.8) is 0 Å². The molecule has 16 heavy (non-hydrogen) atoms. The lowest BCUT2D eigenvalue weighted by Gasteiger charge is -2.19. The van der Waals surface area contributed by atoms with E-state index in [9.17, 15) is 0 Å². The standard InChI is InChI=1S/C13H19N3/c1-2-10(8-14)13-15-9-12(16-13)11-6-4-3-5-7-11/h9-11H,2-7H2,1H3,(H,15,16). The molecule has 1 atom stereocenters. The molecule has 1 aliphatic carbocycles. The number of rotatable bonds is 3. The molecule has 1 aliphatic rings. The molecular weight excluding hydrogens is 198 g/mol. The predicted octanol–water partition coefficient (Wildman–Crippen LogP) is 3.47. The third-order valence-corrected chi connectivity index (χ3v) is 3.55. The van der Waals surface area contributed by atoms with E-state index in [0.717, 1.165) is 12.2 Å². The van der Waals surface area contributed by atoms with Crippen molar-refractivity contribution < 1.29 is 0 Å². The second-order valence-corrected chi connectivity index (χ2v) is 4.65. The predicted molar refractivity (Wildman–Crippen MR) is 63.1 cm³/mol. The zero-order valence-electron chi connectivity index (χ0n) is 9.87. The highest BCUT2D eigenvalue weighted by atomic mass is 14.9. The fourth-order valence-electron chi connectivity index (χ4n) is 2.50. The van der Waals surface area contributed by atoms with Crippen LogP contribution in [-0.2, 0) is 0 Å². The van der Waals surface area contributed by atoms with Crippen LogP contribution in [0.25, 0.3) is 0 Å². The fraction of sp³-hybridized carbons (Fsp3) is 0.692. The average molecular weight is 217 g/mol. The van der Waals surface area contributed by atoms with Gasteiger partial charge in [-0.15, -0.1) is 0 Å². The average Bonchev–Trinajstić information content (AvgIpc) is 2.81. The Balaban J connectivity index is 2.09. The number of aromatic nitrogens is 2. The van der Waals surface area contributed by atoms with Gasteiger partial charge < -0.3 is 4.98 Å². The SMILES string of the molecule is CCC(C#N)c1ncc(C2CCCCC2)[nH]1. The van der Waals surface area contributed by atoms with Crippen molar-refractivity contribution in [3.8, 4) is 6.07 Å². The Morgan fingerprint density at radius 2 is 2.25 bits per heavy atom. The van der Waals surface area contributed by atoms with E-state index in [1.165, 1.54) is 37.8 Å². The molecular formula is C13H19N3. The molecule has 1 saturated carbocycles. The Hall–Kier alpha value is -1.30. The lowest BCUT2D eigenvalue weighted by molar-refractivity contribution is 0.437. The largest absolute Gasteiger partial charge is 0.345 e. The number of nitriles is 1. The highest BCUT2D eigenvalue weighted by molar-refractivity contribution is 5.15. The quantitative estimate of drug-likeness (QED) is 0.842. The molecule has 1 aromatic rings. The molecule has 0 amide bonds. The second-order valence-electron chi connectivity index (χ2n) is 4.65. The van der Waals surface area contributed by atoms with Gasteiger partial charge in [-0.3, -0.25) is 0 Å². The van der Waals surface area contributed by atoms with Crippen LogP contribution in [0.3, 0.4) is 0 Å². The summed E-state index contributed by atoms with van der Waals surface area (Å²) in [4.78, 5) is 7.71. The van der Waals surface area contributed by atoms with Crippen molar-refractivity contribution in [1.82, 2.24) is 9.97 Å². The molecule has 3 nitrogen and oxygen atoms in total. The first-order chi connectivity index (χ1) is 7.85. The van der Waals surface area contributed by atoms with E-state index < -0.39 is 0 Å². The van der Waals surface area contributed by atoms with Gasteiger partial charge in [-0.2, -0.15) is 5.26 Å². The molecule has 0 spiro atoms. The molecule has 1 aromatic heterocycles. The van der Waals surface area contributed by atoms with Gasteiger partial charge in [-0.1, -0.05) is 26.2 Å². The number of hydrogen-bond donors (Lipinski definition) is 1. The van der Waals surface area contributed by atoms with E-state index in [1.54, 1.807) is 0 Å². The topological polar surface area (TPSA) is 52.5 Å². The van der Waals surface area contributed by atoms with Crippen molar-refractivity contribution >= 4 is 0 Å². The molecule has 0 saturated heterocycles. The van der Waals surface area contributed by atoms with Gasteiger partial charge >= 0.3 is 0 Å². The van der Waals surface area contributed by atoms with Crippen LogP contribution in [-0.4, -0.2) is 9.97 Å². The highest BCUT2D eigenvalue weighted by Gasteiger charge is 2.19. The molecule has 1 N–H and O–H groups in total. The van der Waals surface area contributed by atoms with Crippen molar-refractivity contribution in [2.75, 3.05) is 0 Å². The van der Waals surface area contributed by atoms with E-state index in [0.29, 0.717) is 5.92 Å². The second kappa shape index (κ2) is 5.16. The number of H-pyrrole nitrogens is 1. The van der Waals surface area contributed by atoms with Crippen LogP contribution in [0.4, 0.5) is 0 Å². The Morgan fingerprint density at radius 1 is 1.50 bits per heavy atom. The number of aromatic amines is 1. The van der Waals surface area contributed by atoms with Crippen LogP contribution in [0.2, 0.25) is 0 Å². The van der Waals surface area contributed by atoms with Crippen LogP contribution < -0.4 is 0 Å². The fourth-order valence-corrected chi connectivity index (χ4v) is 2.50. The number of hydrogen-bond acceptors (Lipinski definition) is 2. The molecule has 0 bridgehead atoms. The maximum Gasteiger partial charge on any atom is 0.123 e. The minimum atomic E-state index is -0.0719. The number of imidazole rings is 1. The van der Waals surface area contributed by atoms with Crippen molar-refractivity contribution in [2.24, 2.45) is 0 Å². The summed E-state index contributed by atoms with van der Waals surface area (Å²) in [6.45, 7) is 2.02. The minimum Gasteiger partial charge on any atom is -0.345 e. The first-order valence-corrected chi connectivity index (χ1v) is 6.29. The third kappa shape index (κ3) is 2.27. The molecule has 1 heterocycles. The van der Waals surface area contributed by atoms with Crippen molar-refractivity contribution in [2.45, 2.75) is 57.3 Å². The first-order valence-electron chi connectivity index (χ1n) is 6.29. The van der Waals surface area contributed by atoms with E-state index >= 15 is 0 Å². The molecule has 1 unspecified atom stereocenters. The van der Waals surface area contributed by atoms with Gasteiger partial charge in [0.25, 0.3) is 0 Å². The summed E-state index contributed by atoms with van der Waals surface area (Å²) in [5.74, 6) is 1.43. The van der Waals surface area contributed by atoms with Crippen LogP contribution in [0.1, 0.15) is 68.8 Å². The lowest BCUT2D eigenvalue weighted by Crippen LogP contribution is -2.05. The summed E-state index contributed by atoms with van der Waals surface area (Å²) in [7, 11) is 0. The van der Waals surface area contributed by atoms with Crippen molar-refractivity contribution in [3.05, 3.63) is 17.7 Å². The highest BCUT2D eigenvalue weighted by Crippen LogP contribution is 2.32. The molecule has 1 fully saturated rings. The summed E-state index contributed by atoms with van der Waals surface area (Å²) in [6.07, 6.45) is 9.33. The van der Waals surface area contributed by atoms with Crippen LogP contribution in [0, 0.1) is 11.3 Å². The normalized spacial score (nSPS) is 19.2. The van der Waals surface area contributed by atoms with Gasteiger partial charge in [-0.25, -0.2) is 4.98 Å². The molecule has 0 aliphatic heterocycles. The first kappa shape index (κ1) is 11.2. The zero-order chi connectivity index (χ0) is 11.4.